The molecule has 2 aliphatic carbocycles. The van der Waals surface area contributed by atoms with E-state index in [0.717, 1.165) is 52.3 Å². The van der Waals surface area contributed by atoms with Gasteiger partial charge in [0.25, 0.3) is 5.91 Å². The van der Waals surface area contributed by atoms with Crippen molar-refractivity contribution < 1.29 is 14.3 Å². The van der Waals surface area contributed by atoms with Crippen LogP contribution in [0.25, 0.3) is 11.1 Å². The van der Waals surface area contributed by atoms with Crippen molar-refractivity contribution in [1.29, 1.82) is 0 Å². The van der Waals surface area contributed by atoms with Gasteiger partial charge in [-0.3, -0.25) is 9.59 Å². The maximum absolute atomic E-state index is 13.2. The Bertz CT molecular complexity index is 1180. The summed E-state index contributed by atoms with van der Waals surface area (Å²) >= 11 is 1.59. The van der Waals surface area contributed by atoms with Crippen LogP contribution in [0.3, 0.4) is 0 Å². The number of amides is 1. The lowest BCUT2D eigenvalue weighted by molar-refractivity contribution is -0.134. The Labute approximate surface area is 199 Å². The smallest absolute Gasteiger partial charge is 0.256 e. The van der Waals surface area contributed by atoms with E-state index < -0.39 is 0 Å². The highest BCUT2D eigenvalue weighted by Gasteiger charge is 2.54. The molecular weight excluding hydrogens is 430 g/mol. The largest absolute Gasteiger partial charge is 0.455 e. The number of carbonyl (C=O) groups excluding carboxylic acids is 2. The minimum absolute atomic E-state index is 0.0601. The molecule has 33 heavy (non-hydrogen) atoms. The van der Waals surface area contributed by atoms with Crippen LogP contribution in [0, 0.1) is 25.2 Å². The lowest BCUT2D eigenvalue weighted by atomic mass is 9.49. The third-order valence-electron chi connectivity index (χ3n) is 7.24. The summed E-state index contributed by atoms with van der Waals surface area (Å²) in [5.41, 5.74) is 3.21. The molecular formula is C28H29NO3S. The van der Waals surface area contributed by atoms with Crippen molar-refractivity contribution in [2.45, 2.75) is 52.5 Å². The lowest BCUT2D eigenvalue weighted by Crippen LogP contribution is -2.57. The molecule has 1 N–H and O–H groups in total. The lowest BCUT2D eigenvalue weighted by Gasteiger charge is -2.57. The monoisotopic (exact) mass is 459 g/mol. The molecule has 5 rings (SSSR count). The first-order chi connectivity index (χ1) is 15.8. The van der Waals surface area contributed by atoms with E-state index in [-0.39, 0.29) is 23.3 Å². The second-order valence-corrected chi connectivity index (χ2v) is 11.1. The first-order valence-electron chi connectivity index (χ1n) is 11.6. The standard InChI is InChI=1S/C28H29NO3S/c1-17(30)22-13-28(14-22)15-23(16-28)29-27(31)25-18(2)33-19(3)26(25)32-24-11-9-21(10-12-24)20-7-5-4-6-8-20/h4-12,22-23H,13-16H2,1-3H3,(H,29,31). The van der Waals surface area contributed by atoms with Crippen LogP contribution < -0.4 is 10.1 Å². The maximum atomic E-state index is 13.2. The molecule has 2 aromatic carbocycles. The van der Waals surface area contributed by atoms with Crippen LogP contribution in [0.1, 0.15) is 52.7 Å². The van der Waals surface area contributed by atoms with Crippen LogP contribution in [0.4, 0.5) is 0 Å². The average Bonchev–Trinajstić information content (AvgIpc) is 3.02. The molecule has 0 saturated heterocycles. The number of nitrogens with one attached hydrogen (secondary N) is 1. The minimum Gasteiger partial charge on any atom is -0.455 e. The van der Waals surface area contributed by atoms with Gasteiger partial charge >= 0.3 is 0 Å². The fourth-order valence-corrected chi connectivity index (χ4v) is 6.45. The van der Waals surface area contributed by atoms with Crippen molar-refractivity contribution in [3.05, 3.63) is 69.9 Å². The molecule has 0 aliphatic heterocycles. The van der Waals surface area contributed by atoms with E-state index in [9.17, 15) is 9.59 Å². The van der Waals surface area contributed by atoms with Crippen molar-refractivity contribution in [3.8, 4) is 22.6 Å². The van der Waals surface area contributed by atoms with Gasteiger partial charge in [0.2, 0.25) is 0 Å². The average molecular weight is 460 g/mol. The summed E-state index contributed by atoms with van der Waals surface area (Å²) in [6.45, 7) is 5.66. The minimum atomic E-state index is -0.0601. The predicted molar refractivity (Wildman–Crippen MR) is 132 cm³/mol. The van der Waals surface area contributed by atoms with Crippen LogP contribution in [0.5, 0.6) is 11.5 Å². The third kappa shape index (κ3) is 4.22. The summed E-state index contributed by atoms with van der Waals surface area (Å²) in [6, 6.07) is 18.4. The molecule has 5 heteroatoms. The van der Waals surface area contributed by atoms with Crippen molar-refractivity contribution >= 4 is 23.0 Å². The van der Waals surface area contributed by atoms with Gasteiger partial charge in [0, 0.05) is 21.7 Å². The van der Waals surface area contributed by atoms with Crippen molar-refractivity contribution in [1.82, 2.24) is 5.32 Å². The molecule has 1 aromatic heterocycles. The van der Waals surface area contributed by atoms with Gasteiger partial charge in [-0.2, -0.15) is 0 Å². The van der Waals surface area contributed by atoms with Crippen molar-refractivity contribution in [2.24, 2.45) is 11.3 Å². The van der Waals surface area contributed by atoms with Gasteiger partial charge < -0.3 is 10.1 Å². The molecule has 1 spiro atoms. The number of Topliss-reactive ketones (excluding diaryl/α,β-unsaturated/α-hetero) is 1. The summed E-state index contributed by atoms with van der Waals surface area (Å²) in [7, 11) is 0. The zero-order chi connectivity index (χ0) is 23.2. The van der Waals surface area contributed by atoms with Crippen molar-refractivity contribution in [3.63, 3.8) is 0 Å². The Kier molecular flexibility index (Phi) is 5.61. The van der Waals surface area contributed by atoms with E-state index in [1.54, 1.807) is 18.3 Å². The number of aryl methyl sites for hydroxylation is 2. The van der Waals surface area contributed by atoms with Crippen LogP contribution in [0.15, 0.2) is 54.6 Å². The number of ketones is 1. The first-order valence-corrected chi connectivity index (χ1v) is 12.4. The number of thiophene rings is 1. The number of hydrogen-bond acceptors (Lipinski definition) is 4. The molecule has 2 fully saturated rings. The third-order valence-corrected chi connectivity index (χ3v) is 8.24. The van der Waals surface area contributed by atoms with Crippen LogP contribution in [0.2, 0.25) is 0 Å². The number of carbonyl (C=O) groups is 2. The van der Waals surface area contributed by atoms with Gasteiger partial charge in [-0.25, -0.2) is 0 Å². The molecule has 1 heterocycles. The summed E-state index contributed by atoms with van der Waals surface area (Å²) in [6.07, 6.45) is 3.92. The van der Waals surface area contributed by atoms with Crippen LogP contribution >= 0.6 is 11.3 Å². The zero-order valence-corrected chi connectivity index (χ0v) is 20.1. The van der Waals surface area contributed by atoms with Gasteiger partial charge in [-0.15, -0.1) is 11.3 Å². The highest BCUT2D eigenvalue weighted by Crippen LogP contribution is 2.59. The zero-order valence-electron chi connectivity index (χ0n) is 19.3. The van der Waals surface area contributed by atoms with E-state index >= 15 is 0 Å². The Hall–Kier alpha value is -2.92. The molecule has 2 aliphatic rings. The predicted octanol–water partition coefficient (Wildman–Crippen LogP) is 6.70. The number of ether oxygens (including phenoxy) is 1. The molecule has 170 valence electrons. The number of benzene rings is 2. The SMILES string of the molecule is CC(=O)C1CC2(CC(NC(=O)c3c(C)sc(C)c3Oc3ccc(-c4ccccc4)cc3)C2)C1. The summed E-state index contributed by atoms with van der Waals surface area (Å²) < 4.78 is 6.23. The second-order valence-electron chi connectivity index (χ2n) is 9.71. The Balaban J connectivity index is 1.26. The van der Waals surface area contributed by atoms with E-state index in [0.29, 0.717) is 17.1 Å². The van der Waals surface area contributed by atoms with E-state index in [2.05, 4.69) is 17.4 Å². The second kappa shape index (κ2) is 8.45. The molecule has 0 unspecified atom stereocenters. The highest BCUT2D eigenvalue weighted by atomic mass is 32.1. The maximum Gasteiger partial charge on any atom is 0.256 e. The van der Waals surface area contributed by atoms with Gasteiger partial charge in [-0.1, -0.05) is 42.5 Å². The summed E-state index contributed by atoms with van der Waals surface area (Å²) in [4.78, 5) is 26.7. The normalized spacial score (nSPS) is 23.5. The molecule has 3 aromatic rings. The van der Waals surface area contributed by atoms with Crippen LogP contribution in [-0.2, 0) is 4.79 Å². The first kappa shape index (κ1) is 21.9. The quantitative estimate of drug-likeness (QED) is 0.446. The summed E-state index contributed by atoms with van der Waals surface area (Å²) in [5, 5.41) is 3.21. The Morgan fingerprint density at radius 1 is 0.909 bits per heavy atom. The van der Waals surface area contributed by atoms with Gasteiger partial charge in [0.1, 0.15) is 11.5 Å². The molecule has 4 nitrogen and oxygen atoms in total. The highest BCUT2D eigenvalue weighted by molar-refractivity contribution is 7.12. The number of hydrogen-bond donors (Lipinski definition) is 1. The van der Waals surface area contributed by atoms with E-state index in [4.69, 9.17) is 4.74 Å². The molecule has 0 radical (unpaired) electrons. The molecule has 0 bridgehead atoms. The summed E-state index contributed by atoms with van der Waals surface area (Å²) in [5.74, 6) is 1.84. The fourth-order valence-electron chi connectivity index (χ4n) is 5.46. The Morgan fingerprint density at radius 2 is 1.55 bits per heavy atom. The van der Waals surface area contributed by atoms with Gasteiger partial charge in [-0.05, 0) is 75.1 Å². The van der Waals surface area contributed by atoms with Crippen LogP contribution in [-0.4, -0.2) is 17.7 Å². The number of rotatable bonds is 6. The fraction of sp³-hybridized carbons (Fsp3) is 0.357. The Morgan fingerprint density at radius 3 is 2.18 bits per heavy atom. The molecule has 2 saturated carbocycles. The van der Waals surface area contributed by atoms with E-state index in [1.807, 2.05) is 56.3 Å². The molecule has 0 atom stereocenters. The van der Waals surface area contributed by atoms with Gasteiger partial charge in [0.05, 0.1) is 5.56 Å². The van der Waals surface area contributed by atoms with Crippen molar-refractivity contribution in [2.75, 3.05) is 0 Å². The topological polar surface area (TPSA) is 55.4 Å². The molecule has 1 amide bonds. The van der Waals surface area contributed by atoms with E-state index in [1.165, 1.54) is 0 Å². The van der Waals surface area contributed by atoms with Gasteiger partial charge in [0.15, 0.2) is 5.75 Å².